The largest absolute Gasteiger partial charge is 0.490 e. The highest BCUT2D eigenvalue weighted by atomic mass is 16.5. The lowest BCUT2D eigenvalue weighted by atomic mass is 10.2. The fourth-order valence-corrected chi connectivity index (χ4v) is 2.46. The zero-order valence-corrected chi connectivity index (χ0v) is 16.0. The van der Waals surface area contributed by atoms with Crippen LogP contribution in [0, 0.1) is 0 Å². The molecule has 0 saturated heterocycles. The smallest absolute Gasteiger partial charge is 0.262 e. The number of pyridine rings is 1. The predicted molar refractivity (Wildman–Crippen MR) is 114 cm³/mol. The molecule has 2 N–H and O–H groups in total. The Balaban J connectivity index is 1.60. The summed E-state index contributed by atoms with van der Waals surface area (Å²) >= 11 is 0. The second kappa shape index (κ2) is 10.5. The van der Waals surface area contributed by atoms with E-state index in [-0.39, 0.29) is 12.5 Å². The maximum atomic E-state index is 12.1. The summed E-state index contributed by atoms with van der Waals surface area (Å²) in [6.07, 6.45) is 3.34. The Labute approximate surface area is 169 Å². The van der Waals surface area contributed by atoms with Crippen molar-refractivity contribution in [3.8, 4) is 11.5 Å². The number of para-hydroxylation sites is 1. The molecule has 0 unspecified atom stereocenters. The first-order valence-corrected chi connectivity index (χ1v) is 9.19. The van der Waals surface area contributed by atoms with Crippen molar-refractivity contribution in [3.63, 3.8) is 0 Å². The minimum Gasteiger partial charge on any atom is -0.490 e. The lowest BCUT2D eigenvalue weighted by molar-refractivity contribution is -0.118. The number of amides is 1. The van der Waals surface area contributed by atoms with E-state index in [2.05, 4.69) is 20.8 Å². The van der Waals surface area contributed by atoms with Gasteiger partial charge in [-0.25, -0.2) is 4.98 Å². The highest BCUT2D eigenvalue weighted by Gasteiger charge is 2.09. The number of carbonyl (C=O) groups is 1. The van der Waals surface area contributed by atoms with Gasteiger partial charge in [-0.1, -0.05) is 24.3 Å². The van der Waals surface area contributed by atoms with E-state index in [1.54, 1.807) is 24.5 Å². The summed E-state index contributed by atoms with van der Waals surface area (Å²) in [4.78, 5) is 16.2. The first-order chi connectivity index (χ1) is 14.2. The topological polar surface area (TPSA) is 84.8 Å². The van der Waals surface area contributed by atoms with Gasteiger partial charge in [0.05, 0.1) is 12.8 Å². The van der Waals surface area contributed by atoms with Crippen LogP contribution in [0.15, 0.2) is 78.0 Å². The number of nitrogens with one attached hydrogen (secondary N) is 2. The lowest BCUT2D eigenvalue weighted by Crippen LogP contribution is -2.20. The number of hydrogen-bond acceptors (Lipinski definition) is 6. The van der Waals surface area contributed by atoms with Gasteiger partial charge in [-0.2, -0.15) is 5.10 Å². The SMILES string of the molecule is CCOc1cc(/C=N\Nc2ccccn2)ccc1OCC(=O)Nc1ccccc1. The molecule has 0 atom stereocenters. The summed E-state index contributed by atoms with van der Waals surface area (Å²) in [6, 6.07) is 20.1. The normalized spacial score (nSPS) is 10.5. The number of hydrazone groups is 1. The predicted octanol–water partition coefficient (Wildman–Crippen LogP) is 3.94. The molecule has 2 aromatic carbocycles. The molecular weight excluding hydrogens is 368 g/mol. The van der Waals surface area contributed by atoms with Crippen molar-refractivity contribution in [1.29, 1.82) is 0 Å². The van der Waals surface area contributed by atoms with Crippen molar-refractivity contribution in [2.24, 2.45) is 5.10 Å². The molecule has 0 radical (unpaired) electrons. The van der Waals surface area contributed by atoms with Crippen molar-refractivity contribution in [2.45, 2.75) is 6.92 Å². The maximum Gasteiger partial charge on any atom is 0.262 e. The van der Waals surface area contributed by atoms with Crippen molar-refractivity contribution in [2.75, 3.05) is 24.0 Å². The minimum absolute atomic E-state index is 0.121. The first-order valence-electron chi connectivity index (χ1n) is 9.19. The second-order valence-electron chi connectivity index (χ2n) is 5.93. The summed E-state index contributed by atoms with van der Waals surface area (Å²) in [7, 11) is 0. The third kappa shape index (κ3) is 6.35. The van der Waals surface area contributed by atoms with Crippen LogP contribution in [-0.4, -0.2) is 30.3 Å². The van der Waals surface area contributed by atoms with E-state index >= 15 is 0 Å². The Kier molecular flexibility index (Phi) is 7.17. The lowest BCUT2D eigenvalue weighted by Gasteiger charge is -2.12. The zero-order valence-electron chi connectivity index (χ0n) is 16.0. The van der Waals surface area contributed by atoms with E-state index in [1.165, 1.54) is 0 Å². The molecule has 0 fully saturated rings. The number of ether oxygens (including phenoxy) is 2. The molecule has 1 amide bonds. The average molecular weight is 390 g/mol. The van der Waals surface area contributed by atoms with Crippen LogP contribution in [0.3, 0.4) is 0 Å². The monoisotopic (exact) mass is 390 g/mol. The van der Waals surface area contributed by atoms with Gasteiger partial charge in [-0.15, -0.1) is 0 Å². The number of nitrogens with zero attached hydrogens (tertiary/aromatic N) is 2. The highest BCUT2D eigenvalue weighted by molar-refractivity contribution is 5.91. The minimum atomic E-state index is -0.246. The molecule has 148 valence electrons. The number of rotatable bonds is 9. The van der Waals surface area contributed by atoms with Gasteiger partial charge in [0.15, 0.2) is 18.1 Å². The number of benzene rings is 2. The molecule has 7 nitrogen and oxygen atoms in total. The number of carbonyl (C=O) groups excluding carboxylic acids is 1. The van der Waals surface area contributed by atoms with Crippen LogP contribution < -0.4 is 20.2 Å². The molecular formula is C22H22N4O3. The van der Waals surface area contributed by atoms with Crippen molar-refractivity contribution >= 4 is 23.6 Å². The van der Waals surface area contributed by atoms with Crippen molar-refractivity contribution in [1.82, 2.24) is 4.98 Å². The van der Waals surface area contributed by atoms with E-state index < -0.39 is 0 Å². The molecule has 3 aromatic rings. The molecule has 0 aliphatic rings. The van der Waals surface area contributed by atoms with E-state index in [1.807, 2.05) is 61.5 Å². The Morgan fingerprint density at radius 1 is 1.03 bits per heavy atom. The van der Waals surface area contributed by atoms with Gasteiger partial charge in [0.1, 0.15) is 5.82 Å². The molecule has 1 heterocycles. The second-order valence-corrected chi connectivity index (χ2v) is 5.93. The molecule has 0 bridgehead atoms. The summed E-state index contributed by atoms with van der Waals surface area (Å²) in [6.45, 7) is 2.23. The van der Waals surface area contributed by atoms with Crippen LogP contribution in [0.5, 0.6) is 11.5 Å². The van der Waals surface area contributed by atoms with Crippen LogP contribution in [0.4, 0.5) is 11.5 Å². The highest BCUT2D eigenvalue weighted by Crippen LogP contribution is 2.28. The summed E-state index contributed by atoms with van der Waals surface area (Å²) in [5.41, 5.74) is 4.39. The third-order valence-corrected chi connectivity index (χ3v) is 3.74. The molecule has 7 heteroatoms. The van der Waals surface area contributed by atoms with E-state index in [9.17, 15) is 4.79 Å². The van der Waals surface area contributed by atoms with E-state index in [0.29, 0.717) is 23.9 Å². The summed E-state index contributed by atoms with van der Waals surface area (Å²) in [5, 5.41) is 6.94. The van der Waals surface area contributed by atoms with Crippen LogP contribution in [0.1, 0.15) is 12.5 Å². The standard InChI is InChI=1S/C22H22N4O3/c1-2-28-20-14-17(15-24-26-21-10-6-7-13-23-21)11-12-19(20)29-16-22(27)25-18-8-4-3-5-9-18/h3-15H,2,16H2,1H3,(H,23,26)(H,25,27)/b24-15-. The van der Waals surface area contributed by atoms with Gasteiger partial charge >= 0.3 is 0 Å². The fourth-order valence-electron chi connectivity index (χ4n) is 2.46. The Hall–Kier alpha value is -3.87. The zero-order chi connectivity index (χ0) is 20.3. The van der Waals surface area contributed by atoms with Crippen molar-refractivity contribution in [3.05, 3.63) is 78.5 Å². The van der Waals surface area contributed by atoms with Gasteiger partial charge in [0.25, 0.3) is 5.91 Å². The molecule has 3 rings (SSSR count). The number of anilines is 2. The summed E-state index contributed by atoms with van der Waals surface area (Å²) < 4.78 is 11.3. The maximum absolute atomic E-state index is 12.1. The van der Waals surface area contributed by atoms with Crippen LogP contribution in [-0.2, 0) is 4.79 Å². The molecule has 1 aromatic heterocycles. The molecule has 29 heavy (non-hydrogen) atoms. The molecule has 0 aliphatic carbocycles. The van der Waals surface area contributed by atoms with Gasteiger partial charge in [-0.05, 0) is 55.0 Å². The molecule has 0 spiro atoms. The quantitative estimate of drug-likeness (QED) is 0.427. The van der Waals surface area contributed by atoms with Crippen LogP contribution in [0.25, 0.3) is 0 Å². The molecule has 0 saturated carbocycles. The Bertz CT molecular complexity index is 947. The van der Waals surface area contributed by atoms with Gasteiger partial charge in [0.2, 0.25) is 0 Å². The number of aromatic nitrogens is 1. The Morgan fingerprint density at radius 2 is 1.86 bits per heavy atom. The van der Waals surface area contributed by atoms with Gasteiger partial charge in [-0.3, -0.25) is 10.2 Å². The van der Waals surface area contributed by atoms with Gasteiger partial charge in [0, 0.05) is 11.9 Å². The van der Waals surface area contributed by atoms with Crippen molar-refractivity contribution < 1.29 is 14.3 Å². The fraction of sp³-hybridized carbons (Fsp3) is 0.136. The van der Waals surface area contributed by atoms with Gasteiger partial charge < -0.3 is 14.8 Å². The number of hydrogen-bond donors (Lipinski definition) is 2. The summed E-state index contributed by atoms with van der Waals surface area (Å²) in [5.74, 6) is 1.44. The first kappa shape index (κ1) is 19.9. The van der Waals surface area contributed by atoms with E-state index in [4.69, 9.17) is 9.47 Å². The third-order valence-electron chi connectivity index (χ3n) is 3.74. The molecule has 0 aliphatic heterocycles. The Morgan fingerprint density at radius 3 is 2.62 bits per heavy atom. The average Bonchev–Trinajstić information content (AvgIpc) is 2.75. The van der Waals surface area contributed by atoms with E-state index in [0.717, 1.165) is 11.3 Å². The van der Waals surface area contributed by atoms with Crippen LogP contribution >= 0.6 is 0 Å². The van der Waals surface area contributed by atoms with Crippen LogP contribution in [0.2, 0.25) is 0 Å².